The maximum Gasteiger partial charge on any atom is 0.0726 e. The van der Waals surface area contributed by atoms with E-state index in [0.29, 0.717) is 0 Å². The molecule has 1 fully saturated rings. The van der Waals surface area contributed by atoms with Crippen molar-refractivity contribution < 1.29 is 1.37 Å². The second kappa shape index (κ2) is 12.5. The average molecular weight is 773 g/mol. The molecule has 0 heterocycles. The largest absolute Gasteiger partial charge is 0.310 e. The van der Waals surface area contributed by atoms with Crippen LogP contribution in [0.1, 0.15) is 99.2 Å². The molecule has 8 aromatic carbocycles. The van der Waals surface area contributed by atoms with Crippen molar-refractivity contribution in [3.63, 3.8) is 0 Å². The maximum absolute atomic E-state index is 8.84. The predicted octanol–water partition coefficient (Wildman–Crippen LogP) is 15.6. The predicted molar refractivity (Wildman–Crippen MR) is 251 cm³/mol. The van der Waals surface area contributed by atoms with E-state index >= 15 is 0 Å². The summed E-state index contributed by atoms with van der Waals surface area (Å²) >= 11 is 0. The minimum atomic E-state index is -0.480. The summed E-state index contributed by atoms with van der Waals surface area (Å²) in [6.07, 6.45) is 1.87. The smallest absolute Gasteiger partial charge is 0.0726 e. The van der Waals surface area contributed by atoms with Crippen LogP contribution < -0.4 is 4.90 Å². The summed E-state index contributed by atoms with van der Waals surface area (Å²) in [5, 5.41) is 0. The van der Waals surface area contributed by atoms with Crippen molar-refractivity contribution in [2.75, 3.05) is 4.90 Å². The molecule has 1 saturated carbocycles. The van der Waals surface area contributed by atoms with E-state index in [2.05, 4.69) is 215 Å². The molecule has 0 N–H and O–H groups in total. The highest BCUT2D eigenvalue weighted by Crippen LogP contribution is 2.64. The van der Waals surface area contributed by atoms with Gasteiger partial charge in [0.1, 0.15) is 0 Å². The molecule has 0 aromatic heterocycles. The zero-order valence-corrected chi connectivity index (χ0v) is 35.1. The molecule has 0 saturated heterocycles. The fraction of sp³-hybridized carbons (Fsp3) is 0.186. The number of benzene rings is 8. The Balaban J connectivity index is 1.13. The van der Waals surface area contributed by atoms with Gasteiger partial charge in [0.25, 0.3) is 0 Å². The van der Waals surface area contributed by atoms with Crippen LogP contribution in [0.15, 0.2) is 176 Å². The molecule has 0 aliphatic heterocycles. The Morgan fingerprint density at radius 2 is 0.967 bits per heavy atom. The molecule has 60 heavy (non-hydrogen) atoms. The third-order valence-corrected chi connectivity index (χ3v) is 14.3. The first-order valence-electron chi connectivity index (χ1n) is 22.2. The van der Waals surface area contributed by atoms with Gasteiger partial charge < -0.3 is 4.90 Å². The highest BCUT2D eigenvalue weighted by Gasteiger charge is 2.52. The van der Waals surface area contributed by atoms with Crippen LogP contribution in [-0.4, -0.2) is 0 Å². The first-order valence-corrected chi connectivity index (χ1v) is 21.7. The van der Waals surface area contributed by atoms with Gasteiger partial charge >= 0.3 is 0 Å². The van der Waals surface area contributed by atoms with Gasteiger partial charge in [-0.15, -0.1) is 0 Å². The summed E-state index contributed by atoms with van der Waals surface area (Å²) in [6.45, 7) is 11.7. The van der Waals surface area contributed by atoms with E-state index in [1.807, 2.05) is 0 Å². The van der Waals surface area contributed by atoms with E-state index < -0.39 is 11.3 Å². The molecule has 4 aliphatic carbocycles. The van der Waals surface area contributed by atoms with Crippen molar-refractivity contribution >= 4 is 17.1 Å². The van der Waals surface area contributed by atoms with Crippen LogP contribution in [0.4, 0.5) is 17.1 Å². The van der Waals surface area contributed by atoms with Crippen molar-refractivity contribution in [3.8, 4) is 44.5 Å². The van der Waals surface area contributed by atoms with Gasteiger partial charge in [-0.05, 0) is 138 Å². The molecule has 1 heteroatoms. The zero-order chi connectivity index (χ0) is 41.5. The lowest BCUT2D eigenvalue weighted by Gasteiger charge is -2.33. The summed E-state index contributed by atoms with van der Waals surface area (Å²) in [5.74, 6) is -0.429. The summed E-state index contributed by atoms with van der Waals surface area (Å²) in [4.78, 5) is 2.51. The Hall–Kier alpha value is -6.44. The fourth-order valence-electron chi connectivity index (χ4n) is 11.2. The number of rotatable bonds is 5. The maximum atomic E-state index is 8.84. The van der Waals surface area contributed by atoms with Gasteiger partial charge in [-0.2, -0.15) is 0 Å². The Kier molecular flexibility index (Phi) is 7.19. The van der Waals surface area contributed by atoms with E-state index in [4.69, 9.17) is 1.37 Å². The van der Waals surface area contributed by atoms with Crippen LogP contribution in [0.25, 0.3) is 44.5 Å². The Morgan fingerprint density at radius 1 is 0.467 bits per heavy atom. The number of hydrogen-bond acceptors (Lipinski definition) is 1. The molecule has 1 nitrogen and oxygen atoms in total. The number of para-hydroxylation sites is 1. The third kappa shape index (κ3) is 4.93. The lowest BCUT2D eigenvalue weighted by Crippen LogP contribution is -2.27. The van der Waals surface area contributed by atoms with Crippen LogP contribution in [0.2, 0.25) is 0 Å². The summed E-state index contributed by atoms with van der Waals surface area (Å²) in [6, 6.07) is 66.6. The minimum absolute atomic E-state index is 0.00678. The first-order chi connectivity index (χ1) is 29.5. The molecular formula is C59H49N. The molecule has 4 aliphatic rings. The lowest BCUT2D eigenvalue weighted by molar-refractivity contribution is 0.588. The molecular weight excluding hydrogens is 723 g/mol. The molecule has 1 spiro atoms. The van der Waals surface area contributed by atoms with Crippen LogP contribution in [-0.2, 0) is 16.2 Å². The van der Waals surface area contributed by atoms with E-state index in [-0.39, 0.29) is 10.8 Å². The highest BCUT2D eigenvalue weighted by atomic mass is 15.1. The van der Waals surface area contributed by atoms with E-state index in [1.165, 1.54) is 72.3 Å². The standard InChI is InChI=1S/C59H49N/c1-57(2,3)40-28-31-47-44-15-7-11-19-52(44)59(54(47)34-40)53-20-12-8-16-45(53)48-32-29-42(36-55(48)59)60(41-30-33-51-49(35-41)46-17-6-10-18-50(46)58(51,4)5)56-21-13-9-14-43(56)39-26-24-38(25-27-39)37-22-23-37/h6-21,24-37H,22-23H2,1-5H3/i37D. The number of fused-ring (bicyclic) bond motifs is 13. The van der Waals surface area contributed by atoms with Gasteiger partial charge in [0.2, 0.25) is 0 Å². The molecule has 8 aromatic rings. The zero-order valence-electron chi connectivity index (χ0n) is 36.1. The molecule has 290 valence electrons. The topological polar surface area (TPSA) is 3.24 Å². The number of hydrogen-bond donors (Lipinski definition) is 0. The van der Waals surface area contributed by atoms with Crippen molar-refractivity contribution in [2.45, 2.75) is 69.6 Å². The minimum Gasteiger partial charge on any atom is -0.310 e. The molecule has 12 rings (SSSR count). The van der Waals surface area contributed by atoms with Crippen molar-refractivity contribution in [1.29, 1.82) is 0 Å². The SMILES string of the molecule is [2H]C1(c2ccc(-c3ccccc3N(c3ccc4c(c3)-c3ccccc3C4(C)C)c3ccc4c(c3)C3(c5ccccc5-4)c4ccccc4-c4ccc(C(C)(C)C)cc43)cc2)CC1. The van der Waals surface area contributed by atoms with E-state index in [1.54, 1.807) is 0 Å². The van der Waals surface area contributed by atoms with Crippen molar-refractivity contribution in [1.82, 2.24) is 0 Å². The summed E-state index contributed by atoms with van der Waals surface area (Å²) < 4.78 is 8.84. The molecule has 0 bridgehead atoms. The number of nitrogens with zero attached hydrogens (tertiary/aromatic N) is 1. The van der Waals surface area contributed by atoms with Crippen LogP contribution in [0.3, 0.4) is 0 Å². The molecule has 0 radical (unpaired) electrons. The van der Waals surface area contributed by atoms with Crippen molar-refractivity contribution in [3.05, 3.63) is 220 Å². The van der Waals surface area contributed by atoms with Gasteiger partial charge in [-0.25, -0.2) is 0 Å². The number of anilines is 3. The third-order valence-electron chi connectivity index (χ3n) is 14.3. The van der Waals surface area contributed by atoms with Crippen LogP contribution in [0.5, 0.6) is 0 Å². The Bertz CT molecular complexity index is 3110. The van der Waals surface area contributed by atoms with Crippen LogP contribution in [0, 0.1) is 0 Å². The average Bonchev–Trinajstić information content (AvgIpc) is 3.80. The Labute approximate surface area is 356 Å². The summed E-state index contributed by atoms with van der Waals surface area (Å²) in [7, 11) is 0. The molecule has 0 amide bonds. The van der Waals surface area contributed by atoms with Crippen molar-refractivity contribution in [2.24, 2.45) is 0 Å². The van der Waals surface area contributed by atoms with Gasteiger partial charge in [-0.1, -0.05) is 180 Å². The molecule has 1 atom stereocenters. The summed E-state index contributed by atoms with van der Waals surface area (Å²) in [5.41, 5.74) is 23.6. The fourth-order valence-corrected chi connectivity index (χ4v) is 11.2. The normalized spacial score (nSPS) is 18.2. The van der Waals surface area contributed by atoms with Gasteiger partial charge in [-0.3, -0.25) is 0 Å². The van der Waals surface area contributed by atoms with Gasteiger partial charge in [0, 0.05) is 23.7 Å². The van der Waals surface area contributed by atoms with Crippen LogP contribution >= 0.6 is 0 Å². The monoisotopic (exact) mass is 772 g/mol. The highest BCUT2D eigenvalue weighted by molar-refractivity contribution is 5.98. The quantitative estimate of drug-likeness (QED) is 0.168. The second-order valence-electron chi connectivity index (χ2n) is 19.0. The molecule has 1 unspecified atom stereocenters. The van der Waals surface area contributed by atoms with E-state index in [0.717, 1.165) is 46.6 Å². The first kappa shape index (κ1) is 34.4. The lowest BCUT2D eigenvalue weighted by atomic mass is 9.69. The van der Waals surface area contributed by atoms with E-state index in [9.17, 15) is 0 Å². The van der Waals surface area contributed by atoms with Gasteiger partial charge in [0.15, 0.2) is 0 Å². The Morgan fingerprint density at radius 3 is 1.62 bits per heavy atom. The van der Waals surface area contributed by atoms with Gasteiger partial charge in [0.05, 0.1) is 11.1 Å². The second-order valence-corrected chi connectivity index (χ2v) is 19.0.